The van der Waals surface area contributed by atoms with Gasteiger partial charge in [0.05, 0.1) is 23.5 Å². The Morgan fingerprint density at radius 3 is 2.52 bits per heavy atom. The minimum atomic E-state index is -0.483. The van der Waals surface area contributed by atoms with E-state index in [0.29, 0.717) is 29.4 Å². The number of fused-ring (bicyclic) bond motifs is 1. The molecule has 1 atom stereocenters. The first-order chi connectivity index (χ1) is 14.7. The first kappa shape index (κ1) is 22.5. The van der Waals surface area contributed by atoms with Crippen LogP contribution in [0, 0.1) is 5.41 Å². The Morgan fingerprint density at radius 1 is 1.16 bits per heavy atom. The normalized spacial score (nSPS) is 12.5. The second-order valence-electron chi connectivity index (χ2n) is 8.61. The van der Waals surface area contributed by atoms with Gasteiger partial charge in [-0.1, -0.05) is 20.8 Å². The largest absolute Gasteiger partial charge is 0.491 e. The SMILES string of the molecule is COCCC(C)Oc1ccc(C(=O)Nc2cc3cc(C(=O)C(C)(C)C)[nH]c3cn2)cc1. The highest BCUT2D eigenvalue weighted by Gasteiger charge is 2.24. The molecule has 2 N–H and O–H groups in total. The number of H-pyrrole nitrogens is 1. The molecule has 2 heterocycles. The van der Waals surface area contributed by atoms with Gasteiger partial charge in [-0.3, -0.25) is 9.59 Å². The summed E-state index contributed by atoms with van der Waals surface area (Å²) in [5.41, 5.74) is 1.29. The maximum Gasteiger partial charge on any atom is 0.256 e. The first-order valence-electron chi connectivity index (χ1n) is 10.3. The minimum absolute atomic E-state index is 0.0203. The van der Waals surface area contributed by atoms with Gasteiger partial charge in [-0.2, -0.15) is 0 Å². The highest BCUT2D eigenvalue weighted by Crippen LogP contribution is 2.25. The monoisotopic (exact) mass is 423 g/mol. The third-order valence-corrected chi connectivity index (χ3v) is 4.85. The molecule has 0 saturated carbocycles. The fourth-order valence-electron chi connectivity index (χ4n) is 3.07. The van der Waals surface area contributed by atoms with Gasteiger partial charge in [-0.05, 0) is 43.3 Å². The molecule has 0 spiro atoms. The van der Waals surface area contributed by atoms with Crippen LogP contribution in [0.2, 0.25) is 0 Å². The van der Waals surface area contributed by atoms with Gasteiger partial charge in [0.15, 0.2) is 5.78 Å². The summed E-state index contributed by atoms with van der Waals surface area (Å²) >= 11 is 0. The average Bonchev–Trinajstić information content (AvgIpc) is 3.14. The predicted octanol–water partition coefficient (Wildman–Crippen LogP) is 4.85. The number of amides is 1. The van der Waals surface area contributed by atoms with Crippen molar-refractivity contribution < 1.29 is 19.1 Å². The highest BCUT2D eigenvalue weighted by molar-refractivity contribution is 6.05. The third-order valence-electron chi connectivity index (χ3n) is 4.85. The van der Waals surface area contributed by atoms with Crippen molar-refractivity contribution in [2.75, 3.05) is 19.0 Å². The summed E-state index contributed by atoms with van der Waals surface area (Å²) in [7, 11) is 1.66. The van der Waals surface area contributed by atoms with Crippen LogP contribution in [0.4, 0.5) is 5.82 Å². The molecule has 164 valence electrons. The van der Waals surface area contributed by atoms with E-state index < -0.39 is 5.41 Å². The lowest BCUT2D eigenvalue weighted by Crippen LogP contribution is -2.20. The van der Waals surface area contributed by atoms with Crippen molar-refractivity contribution in [1.29, 1.82) is 0 Å². The zero-order valence-corrected chi connectivity index (χ0v) is 18.6. The number of rotatable bonds is 8. The molecular formula is C24H29N3O4. The Morgan fingerprint density at radius 2 is 1.87 bits per heavy atom. The Labute approximate surface area is 182 Å². The van der Waals surface area contributed by atoms with Gasteiger partial charge >= 0.3 is 0 Å². The van der Waals surface area contributed by atoms with E-state index in [1.165, 1.54) is 0 Å². The number of carbonyl (C=O) groups is 2. The number of nitrogens with one attached hydrogen (secondary N) is 2. The van der Waals surface area contributed by atoms with Crippen LogP contribution in [0.25, 0.3) is 10.9 Å². The summed E-state index contributed by atoms with van der Waals surface area (Å²) in [6.45, 7) is 8.24. The van der Waals surface area contributed by atoms with E-state index in [4.69, 9.17) is 9.47 Å². The molecule has 31 heavy (non-hydrogen) atoms. The lowest BCUT2D eigenvalue weighted by Gasteiger charge is -2.14. The lowest BCUT2D eigenvalue weighted by molar-refractivity contribution is 0.0853. The number of ketones is 1. The zero-order chi connectivity index (χ0) is 22.6. The summed E-state index contributed by atoms with van der Waals surface area (Å²) in [6.07, 6.45) is 2.42. The van der Waals surface area contributed by atoms with Crippen LogP contribution < -0.4 is 10.1 Å². The van der Waals surface area contributed by atoms with Crippen molar-refractivity contribution in [3.63, 3.8) is 0 Å². The average molecular weight is 424 g/mol. The van der Waals surface area contributed by atoms with Crippen molar-refractivity contribution in [2.45, 2.75) is 40.2 Å². The number of methoxy groups -OCH3 is 1. The number of hydrogen-bond donors (Lipinski definition) is 2. The topological polar surface area (TPSA) is 93.3 Å². The first-order valence-corrected chi connectivity index (χ1v) is 10.3. The lowest BCUT2D eigenvalue weighted by atomic mass is 9.89. The minimum Gasteiger partial charge on any atom is -0.491 e. The van der Waals surface area contributed by atoms with E-state index in [0.717, 1.165) is 17.3 Å². The van der Waals surface area contributed by atoms with Crippen LogP contribution in [0.15, 0.2) is 42.6 Å². The fraction of sp³-hybridized carbons (Fsp3) is 0.375. The highest BCUT2D eigenvalue weighted by atomic mass is 16.5. The van der Waals surface area contributed by atoms with Crippen molar-refractivity contribution in [2.24, 2.45) is 5.41 Å². The summed E-state index contributed by atoms with van der Waals surface area (Å²) < 4.78 is 10.9. The molecule has 1 unspecified atom stereocenters. The van der Waals surface area contributed by atoms with E-state index in [1.807, 2.05) is 27.7 Å². The molecule has 0 radical (unpaired) electrons. The quantitative estimate of drug-likeness (QED) is 0.505. The van der Waals surface area contributed by atoms with E-state index in [1.54, 1.807) is 49.7 Å². The number of nitrogens with zero attached hydrogens (tertiary/aromatic N) is 1. The molecule has 0 aliphatic carbocycles. The molecular weight excluding hydrogens is 394 g/mol. The Bertz CT molecular complexity index is 1060. The van der Waals surface area contributed by atoms with E-state index in [9.17, 15) is 9.59 Å². The van der Waals surface area contributed by atoms with Gasteiger partial charge in [0.2, 0.25) is 0 Å². The molecule has 0 aliphatic heterocycles. The zero-order valence-electron chi connectivity index (χ0n) is 18.6. The van der Waals surface area contributed by atoms with Crippen molar-refractivity contribution in [3.05, 3.63) is 53.9 Å². The maximum atomic E-state index is 12.6. The maximum absolute atomic E-state index is 12.6. The number of Topliss-reactive ketones (excluding diaryl/α,β-unsaturated/α-hetero) is 1. The van der Waals surface area contributed by atoms with Crippen LogP contribution >= 0.6 is 0 Å². The molecule has 2 aromatic heterocycles. The number of hydrogen-bond acceptors (Lipinski definition) is 5. The van der Waals surface area contributed by atoms with Gasteiger partial charge in [-0.25, -0.2) is 4.98 Å². The van der Waals surface area contributed by atoms with Crippen LogP contribution in [0.5, 0.6) is 5.75 Å². The van der Waals surface area contributed by atoms with Gasteiger partial charge in [0.1, 0.15) is 11.6 Å². The number of benzene rings is 1. The van der Waals surface area contributed by atoms with E-state index in [-0.39, 0.29) is 17.8 Å². The molecule has 1 amide bonds. The van der Waals surface area contributed by atoms with Crippen LogP contribution in [0.1, 0.15) is 55.0 Å². The van der Waals surface area contributed by atoms with E-state index >= 15 is 0 Å². The molecule has 0 bridgehead atoms. The summed E-state index contributed by atoms with van der Waals surface area (Å²) in [5.74, 6) is 0.864. The number of pyridine rings is 1. The molecule has 0 aliphatic rings. The number of carbonyl (C=O) groups excluding carboxylic acids is 2. The summed E-state index contributed by atoms with van der Waals surface area (Å²) in [5, 5.41) is 3.61. The van der Waals surface area contributed by atoms with Crippen LogP contribution in [-0.2, 0) is 4.74 Å². The van der Waals surface area contributed by atoms with Crippen molar-refractivity contribution in [3.8, 4) is 5.75 Å². The van der Waals surface area contributed by atoms with Crippen molar-refractivity contribution in [1.82, 2.24) is 9.97 Å². The Kier molecular flexibility index (Phi) is 6.75. The van der Waals surface area contributed by atoms with Gasteiger partial charge in [-0.15, -0.1) is 0 Å². The van der Waals surface area contributed by atoms with E-state index in [2.05, 4.69) is 15.3 Å². The molecule has 0 saturated heterocycles. The molecule has 1 aromatic carbocycles. The van der Waals surface area contributed by atoms with Gasteiger partial charge in [0.25, 0.3) is 5.91 Å². The third kappa shape index (κ3) is 5.70. The summed E-state index contributed by atoms with van der Waals surface area (Å²) in [6, 6.07) is 10.5. The Hall–Kier alpha value is -3.19. The number of anilines is 1. The standard InChI is InChI=1S/C24H29N3O4/c1-15(10-11-30-5)31-18-8-6-16(7-9-18)23(29)27-21-13-17-12-19(22(28)24(2,3)4)26-20(17)14-25-21/h6-9,12-15,26H,10-11H2,1-5H3,(H,25,27,29). The predicted molar refractivity (Wildman–Crippen MR) is 121 cm³/mol. The van der Waals surface area contributed by atoms with Crippen LogP contribution in [0.3, 0.4) is 0 Å². The molecule has 3 rings (SSSR count). The molecule has 3 aromatic rings. The second kappa shape index (κ2) is 9.31. The van der Waals surface area contributed by atoms with Gasteiger partial charge in [0, 0.05) is 36.5 Å². The number of ether oxygens (including phenoxy) is 2. The molecule has 7 nitrogen and oxygen atoms in total. The summed E-state index contributed by atoms with van der Waals surface area (Å²) in [4.78, 5) is 32.5. The smallest absolute Gasteiger partial charge is 0.256 e. The molecule has 7 heteroatoms. The number of aromatic nitrogens is 2. The second-order valence-corrected chi connectivity index (χ2v) is 8.61. The van der Waals surface area contributed by atoms with Crippen LogP contribution in [-0.4, -0.2) is 41.5 Å². The van der Waals surface area contributed by atoms with Gasteiger partial charge < -0.3 is 19.8 Å². The molecule has 0 fully saturated rings. The Balaban J connectivity index is 1.67. The fourth-order valence-corrected chi connectivity index (χ4v) is 3.07. The number of aromatic amines is 1. The van der Waals surface area contributed by atoms with Crippen molar-refractivity contribution >= 4 is 28.4 Å².